The van der Waals surface area contributed by atoms with Gasteiger partial charge in [-0.2, -0.15) is 5.48 Å². The lowest BCUT2D eigenvalue weighted by Gasteiger charge is -2.06. The molecule has 0 fully saturated rings. The largest absolute Gasteiger partial charge is 0.497 e. The Labute approximate surface area is 211 Å². The number of pyridine rings is 1. The van der Waals surface area contributed by atoms with Crippen molar-refractivity contribution < 1.29 is 23.1 Å². The van der Waals surface area contributed by atoms with Crippen LogP contribution in [0, 0.1) is 11.6 Å². The normalized spacial score (nSPS) is 10.9. The number of halogens is 2. The molecule has 9 heteroatoms. The van der Waals surface area contributed by atoms with Crippen molar-refractivity contribution in [1.29, 1.82) is 0 Å². The van der Waals surface area contributed by atoms with Gasteiger partial charge in [0, 0.05) is 12.6 Å². The number of carbonyl (C=O) groups is 1. The van der Waals surface area contributed by atoms with E-state index in [0.29, 0.717) is 28.7 Å². The molecular formula is C28H22F2N4O3. The van der Waals surface area contributed by atoms with Crippen molar-refractivity contribution in [2.75, 3.05) is 12.6 Å². The molecule has 5 rings (SSSR count). The van der Waals surface area contributed by atoms with Crippen LogP contribution in [-0.2, 0) is 17.8 Å². The third-order valence-corrected chi connectivity index (χ3v) is 5.79. The highest BCUT2D eigenvalue weighted by Crippen LogP contribution is 2.26. The third-order valence-electron chi connectivity index (χ3n) is 5.79. The van der Waals surface area contributed by atoms with Gasteiger partial charge in [-0.05, 0) is 65.2 Å². The summed E-state index contributed by atoms with van der Waals surface area (Å²) < 4.78 is 34.8. The van der Waals surface area contributed by atoms with Crippen molar-refractivity contribution in [2.24, 2.45) is 0 Å². The van der Waals surface area contributed by atoms with Crippen LogP contribution in [0.15, 0.2) is 85.1 Å². The van der Waals surface area contributed by atoms with E-state index in [1.54, 1.807) is 54.4 Å². The van der Waals surface area contributed by atoms with Crippen molar-refractivity contribution >= 4 is 22.8 Å². The van der Waals surface area contributed by atoms with Crippen LogP contribution in [-0.4, -0.2) is 27.8 Å². The molecule has 186 valence electrons. The molecule has 0 saturated heterocycles. The summed E-state index contributed by atoms with van der Waals surface area (Å²) in [4.78, 5) is 22.3. The minimum absolute atomic E-state index is 0.124. The number of nitrogens with one attached hydrogen (secondary N) is 1. The van der Waals surface area contributed by atoms with Gasteiger partial charge < -0.3 is 9.57 Å². The fraction of sp³-hybridized carbons (Fsp3) is 0.107. The summed E-state index contributed by atoms with van der Waals surface area (Å²) in [6, 6.07) is 21.2. The number of methoxy groups -OCH3 is 1. The van der Waals surface area contributed by atoms with Gasteiger partial charge in [-0.15, -0.1) is 5.10 Å². The van der Waals surface area contributed by atoms with Crippen LogP contribution in [0.1, 0.15) is 27.0 Å². The minimum atomic E-state index is -0.579. The van der Waals surface area contributed by atoms with E-state index < -0.39 is 17.6 Å². The zero-order valence-corrected chi connectivity index (χ0v) is 19.8. The summed E-state index contributed by atoms with van der Waals surface area (Å²) in [6.07, 6.45) is 1.72. The second-order valence-corrected chi connectivity index (χ2v) is 8.34. The van der Waals surface area contributed by atoms with Gasteiger partial charge in [-0.3, -0.25) is 0 Å². The third kappa shape index (κ3) is 5.40. The lowest BCUT2D eigenvalue weighted by atomic mass is 10.1. The highest BCUT2D eigenvalue weighted by molar-refractivity contribution is 5.92. The quantitative estimate of drug-likeness (QED) is 0.282. The summed E-state index contributed by atoms with van der Waals surface area (Å²) in [6.45, 7) is 0.389. The van der Waals surface area contributed by atoms with Crippen LogP contribution in [0.25, 0.3) is 11.0 Å². The topological polar surface area (TPSA) is 78.3 Å². The Kier molecular flexibility index (Phi) is 6.76. The Morgan fingerprint density at radius 2 is 1.76 bits per heavy atom. The lowest BCUT2D eigenvalue weighted by Crippen LogP contribution is -2.11. The molecule has 0 atom stereocenters. The predicted molar refractivity (Wildman–Crippen MR) is 134 cm³/mol. The number of benzene rings is 3. The van der Waals surface area contributed by atoms with Crippen molar-refractivity contribution in [3.05, 3.63) is 119 Å². The second kappa shape index (κ2) is 10.4. The average molecular weight is 501 g/mol. The van der Waals surface area contributed by atoms with Crippen molar-refractivity contribution in [3.8, 4) is 5.75 Å². The summed E-state index contributed by atoms with van der Waals surface area (Å²) in [7, 11) is 1.60. The van der Waals surface area contributed by atoms with Gasteiger partial charge >= 0.3 is 5.97 Å². The highest BCUT2D eigenvalue weighted by atomic mass is 19.1. The van der Waals surface area contributed by atoms with Crippen LogP contribution in [0.3, 0.4) is 0 Å². The molecule has 7 nitrogen and oxygen atoms in total. The Morgan fingerprint density at radius 1 is 0.973 bits per heavy atom. The molecule has 0 aliphatic heterocycles. The summed E-state index contributed by atoms with van der Waals surface area (Å²) in [5, 5.41) is 5.13. The van der Waals surface area contributed by atoms with Crippen LogP contribution in [0.5, 0.6) is 5.75 Å². The average Bonchev–Trinajstić information content (AvgIpc) is 3.26. The van der Waals surface area contributed by atoms with E-state index >= 15 is 0 Å². The molecule has 37 heavy (non-hydrogen) atoms. The van der Waals surface area contributed by atoms with Crippen LogP contribution >= 0.6 is 0 Å². The first-order chi connectivity index (χ1) is 18.0. The van der Waals surface area contributed by atoms with E-state index in [9.17, 15) is 13.6 Å². The fourth-order valence-electron chi connectivity index (χ4n) is 3.92. The van der Waals surface area contributed by atoms with E-state index in [1.165, 1.54) is 0 Å². The summed E-state index contributed by atoms with van der Waals surface area (Å²) >= 11 is 0. The number of fused-ring (bicyclic) bond motifs is 1. The van der Waals surface area contributed by atoms with Crippen LogP contribution in [0.4, 0.5) is 14.6 Å². The van der Waals surface area contributed by atoms with E-state index in [0.717, 1.165) is 29.5 Å². The Bertz CT molecular complexity index is 1550. The molecule has 5 aromatic rings. The van der Waals surface area contributed by atoms with Gasteiger partial charge in [-0.1, -0.05) is 30.3 Å². The second-order valence-electron chi connectivity index (χ2n) is 8.34. The standard InChI is InChI=1S/C28H22F2N4O3/c1-36-23-10-7-18(8-11-23)17-34-27-24(26(32-34)33-37-28(35)20-5-3-2-4-6-20)14-19(16-31-27)13-21-15-22(29)9-12-25(21)30/h2-12,14-16H,13,17H2,1H3,(H,32,33). The maximum atomic E-state index is 14.2. The van der Waals surface area contributed by atoms with Gasteiger partial charge in [0.1, 0.15) is 17.4 Å². The number of hydrogen-bond donors (Lipinski definition) is 1. The summed E-state index contributed by atoms with van der Waals surface area (Å²) in [5.41, 5.74) is 5.34. The van der Waals surface area contributed by atoms with Crippen molar-refractivity contribution in [3.63, 3.8) is 0 Å². The first-order valence-corrected chi connectivity index (χ1v) is 11.4. The first kappa shape index (κ1) is 23.9. The molecule has 1 N–H and O–H groups in total. The first-order valence-electron chi connectivity index (χ1n) is 11.4. The maximum absolute atomic E-state index is 14.2. The van der Waals surface area contributed by atoms with E-state index in [1.807, 2.05) is 24.3 Å². The van der Waals surface area contributed by atoms with Gasteiger partial charge in [-0.25, -0.2) is 23.2 Å². The highest BCUT2D eigenvalue weighted by Gasteiger charge is 2.16. The molecule has 2 aromatic heterocycles. The number of carbonyl (C=O) groups excluding carboxylic acids is 1. The number of aromatic nitrogens is 3. The van der Waals surface area contributed by atoms with E-state index in [2.05, 4.69) is 15.6 Å². The van der Waals surface area contributed by atoms with Crippen LogP contribution in [0.2, 0.25) is 0 Å². The SMILES string of the molecule is COc1ccc(Cn2nc(NOC(=O)c3ccccc3)c3cc(Cc4cc(F)ccc4F)cnc32)cc1. The monoisotopic (exact) mass is 500 g/mol. The fourth-order valence-corrected chi connectivity index (χ4v) is 3.92. The van der Waals surface area contributed by atoms with Gasteiger partial charge in [0.2, 0.25) is 0 Å². The number of anilines is 1. The molecule has 0 aliphatic rings. The van der Waals surface area contributed by atoms with E-state index in [4.69, 9.17) is 9.57 Å². The molecule has 0 unspecified atom stereocenters. The molecule has 0 bridgehead atoms. The van der Waals surface area contributed by atoms with Crippen molar-refractivity contribution in [1.82, 2.24) is 14.8 Å². The smallest absolute Gasteiger partial charge is 0.362 e. The Morgan fingerprint density at radius 3 is 2.51 bits per heavy atom. The minimum Gasteiger partial charge on any atom is -0.497 e. The van der Waals surface area contributed by atoms with Gasteiger partial charge in [0.05, 0.1) is 24.6 Å². The number of hydrogen-bond acceptors (Lipinski definition) is 6. The number of rotatable bonds is 8. The zero-order valence-electron chi connectivity index (χ0n) is 19.8. The van der Waals surface area contributed by atoms with Crippen LogP contribution < -0.4 is 10.2 Å². The molecule has 0 amide bonds. The molecule has 0 radical (unpaired) electrons. The molecule has 0 aliphatic carbocycles. The van der Waals surface area contributed by atoms with Gasteiger partial charge in [0.15, 0.2) is 11.5 Å². The molecule has 3 aromatic carbocycles. The summed E-state index contributed by atoms with van der Waals surface area (Å²) in [5.74, 6) is -0.609. The Balaban J connectivity index is 1.47. The van der Waals surface area contributed by atoms with Gasteiger partial charge in [0.25, 0.3) is 0 Å². The Hall–Kier alpha value is -4.79. The molecular weight excluding hydrogens is 478 g/mol. The number of ether oxygens (including phenoxy) is 1. The predicted octanol–water partition coefficient (Wildman–Crippen LogP) is 5.54. The maximum Gasteiger partial charge on any atom is 0.362 e. The van der Waals surface area contributed by atoms with Crippen molar-refractivity contribution in [2.45, 2.75) is 13.0 Å². The van der Waals surface area contributed by atoms with E-state index in [-0.39, 0.29) is 17.8 Å². The number of nitrogens with zero attached hydrogens (tertiary/aromatic N) is 3. The molecule has 2 heterocycles. The molecule has 0 saturated carbocycles. The molecule has 0 spiro atoms. The lowest BCUT2D eigenvalue weighted by molar-refractivity contribution is 0.0595. The zero-order chi connectivity index (χ0) is 25.8.